The molecule has 1 unspecified atom stereocenters. The van der Waals surface area contributed by atoms with Crippen LogP contribution in [0.15, 0.2) is 24.3 Å². The summed E-state index contributed by atoms with van der Waals surface area (Å²) in [6.07, 6.45) is 1.23. The molecule has 3 nitrogen and oxygen atoms in total. The Balaban J connectivity index is 3.20. The van der Waals surface area contributed by atoms with Crippen LogP contribution in [0.25, 0.3) is 0 Å². The number of nitrogens with zero attached hydrogens (tertiary/aromatic N) is 1. The molecule has 0 spiro atoms. The molecular weight excluding hydrogens is 186 g/mol. The second kappa shape index (κ2) is 3.60. The number of hydrogen-bond acceptors (Lipinski definition) is 2. The largest absolute Gasteiger partial charge is 0.314 e. The first-order valence-corrected chi connectivity index (χ1v) is 5.56. The van der Waals surface area contributed by atoms with Crippen LogP contribution in [0.3, 0.4) is 0 Å². The van der Waals surface area contributed by atoms with E-state index in [2.05, 4.69) is 0 Å². The highest BCUT2D eigenvalue weighted by Crippen LogP contribution is 2.01. The summed E-state index contributed by atoms with van der Waals surface area (Å²) in [5.74, 6) is 0. The molecule has 0 saturated carbocycles. The van der Waals surface area contributed by atoms with Gasteiger partial charge >= 0.3 is 0 Å². The van der Waals surface area contributed by atoms with E-state index in [1.807, 2.05) is 6.07 Å². The van der Waals surface area contributed by atoms with Crippen molar-refractivity contribution in [2.24, 2.45) is 0 Å². The standard InChI is InChI=1S/C9H9NO2S/c1-13(11,12)7-9-4-2-3-8(5-9)6-10/h2-5,7H,1H3,(H,11,12). The van der Waals surface area contributed by atoms with Crippen molar-refractivity contribution >= 4 is 15.2 Å². The summed E-state index contributed by atoms with van der Waals surface area (Å²) >= 11 is 0. The first kappa shape index (κ1) is 9.78. The second-order valence-corrected chi connectivity index (χ2v) is 4.67. The average molecular weight is 195 g/mol. The van der Waals surface area contributed by atoms with Gasteiger partial charge < -0.3 is 4.55 Å². The van der Waals surface area contributed by atoms with Crippen LogP contribution in [0, 0.1) is 11.3 Å². The summed E-state index contributed by atoms with van der Waals surface area (Å²) in [5.41, 5.74) is 1.08. The Morgan fingerprint density at radius 1 is 1.62 bits per heavy atom. The summed E-state index contributed by atoms with van der Waals surface area (Å²) in [4.78, 5) is 0. The third-order valence-corrected chi connectivity index (χ3v) is 2.08. The average Bonchev–Trinajstić information content (AvgIpc) is 2.01. The lowest BCUT2D eigenvalue weighted by atomic mass is 10.2. The van der Waals surface area contributed by atoms with Gasteiger partial charge in [0, 0.05) is 11.6 Å². The van der Waals surface area contributed by atoms with Gasteiger partial charge in [-0.05, 0) is 17.7 Å². The van der Waals surface area contributed by atoms with Crippen molar-refractivity contribution in [2.75, 3.05) is 6.26 Å². The Morgan fingerprint density at radius 2 is 2.31 bits per heavy atom. The predicted molar refractivity (Wildman–Crippen MR) is 53.0 cm³/mol. The molecule has 4 heteroatoms. The molecule has 1 N–H and O–H groups in total. The van der Waals surface area contributed by atoms with Crippen LogP contribution in [-0.4, -0.2) is 20.4 Å². The molecule has 0 bridgehead atoms. The van der Waals surface area contributed by atoms with Crippen LogP contribution in [0.4, 0.5) is 0 Å². The Bertz CT molecular complexity index is 457. The summed E-state index contributed by atoms with van der Waals surface area (Å²) in [5, 5.41) is 9.81. The van der Waals surface area contributed by atoms with E-state index >= 15 is 0 Å². The Morgan fingerprint density at radius 3 is 2.85 bits per heavy atom. The lowest BCUT2D eigenvalue weighted by molar-refractivity contribution is 0.566. The molecule has 1 aromatic rings. The van der Waals surface area contributed by atoms with Gasteiger partial charge in [-0.25, -0.2) is 4.21 Å². The fourth-order valence-corrected chi connectivity index (χ4v) is 1.59. The molecule has 0 aliphatic heterocycles. The van der Waals surface area contributed by atoms with Crippen molar-refractivity contribution in [1.82, 2.24) is 0 Å². The van der Waals surface area contributed by atoms with E-state index in [-0.39, 0.29) is 0 Å². The van der Waals surface area contributed by atoms with Crippen molar-refractivity contribution in [1.29, 1.82) is 5.26 Å². The maximum atomic E-state index is 11.0. The van der Waals surface area contributed by atoms with Crippen LogP contribution in [0.5, 0.6) is 0 Å². The topological polar surface area (TPSA) is 61.1 Å². The van der Waals surface area contributed by atoms with Gasteiger partial charge in [0.25, 0.3) is 0 Å². The van der Waals surface area contributed by atoms with Crippen LogP contribution in [0.2, 0.25) is 0 Å². The summed E-state index contributed by atoms with van der Waals surface area (Å²) < 4.78 is 20.0. The van der Waals surface area contributed by atoms with Crippen molar-refractivity contribution in [2.45, 2.75) is 0 Å². The highest BCUT2D eigenvalue weighted by atomic mass is 32.2. The van der Waals surface area contributed by atoms with Gasteiger partial charge in [-0.1, -0.05) is 12.1 Å². The molecule has 1 rings (SSSR count). The van der Waals surface area contributed by atoms with Gasteiger partial charge in [0.05, 0.1) is 21.4 Å². The van der Waals surface area contributed by atoms with E-state index in [0.29, 0.717) is 11.1 Å². The smallest absolute Gasteiger partial charge is 0.0991 e. The van der Waals surface area contributed by atoms with Crippen molar-refractivity contribution in [3.05, 3.63) is 35.4 Å². The quantitative estimate of drug-likeness (QED) is 0.682. The third kappa shape index (κ3) is 3.28. The molecule has 0 aliphatic carbocycles. The normalized spacial score (nSPS) is 14.2. The van der Waals surface area contributed by atoms with E-state index in [0.717, 1.165) is 0 Å². The molecule has 1 aromatic carbocycles. The van der Waals surface area contributed by atoms with Crippen molar-refractivity contribution in [3.8, 4) is 6.07 Å². The minimum atomic E-state index is -2.89. The number of hydrogen-bond donors (Lipinski definition) is 1. The molecule has 0 heterocycles. The van der Waals surface area contributed by atoms with Gasteiger partial charge in [0.1, 0.15) is 0 Å². The van der Waals surface area contributed by atoms with Crippen molar-refractivity contribution in [3.63, 3.8) is 0 Å². The Kier molecular flexibility index (Phi) is 2.71. The van der Waals surface area contributed by atoms with Gasteiger partial charge in [-0.3, -0.25) is 0 Å². The van der Waals surface area contributed by atoms with Crippen LogP contribution in [0.1, 0.15) is 11.1 Å². The second-order valence-electron chi connectivity index (χ2n) is 2.72. The molecule has 0 radical (unpaired) electrons. The van der Waals surface area contributed by atoms with Gasteiger partial charge in [-0.15, -0.1) is 0 Å². The summed E-state index contributed by atoms with van der Waals surface area (Å²) in [7, 11) is -2.89. The molecular formula is C9H9NO2S. The molecule has 0 aliphatic rings. The molecule has 13 heavy (non-hydrogen) atoms. The van der Waals surface area contributed by atoms with E-state index in [1.54, 1.807) is 24.3 Å². The molecule has 68 valence electrons. The number of nitriles is 1. The number of rotatable bonds is 1. The molecule has 0 amide bonds. The molecule has 1 atom stereocenters. The van der Waals surface area contributed by atoms with Gasteiger partial charge in [0.2, 0.25) is 0 Å². The molecule has 0 aromatic heterocycles. The van der Waals surface area contributed by atoms with E-state index < -0.39 is 9.80 Å². The number of benzene rings is 1. The minimum Gasteiger partial charge on any atom is -0.314 e. The minimum absolute atomic E-state index is 0.484. The lowest BCUT2D eigenvalue weighted by Crippen LogP contribution is -1.99. The van der Waals surface area contributed by atoms with Crippen LogP contribution >= 0.6 is 0 Å². The monoisotopic (exact) mass is 195 g/mol. The summed E-state index contributed by atoms with van der Waals surface area (Å²) in [6, 6.07) is 8.53. The zero-order valence-corrected chi connectivity index (χ0v) is 7.91. The fourth-order valence-electron chi connectivity index (χ4n) is 0.934. The molecule has 0 fully saturated rings. The zero-order chi connectivity index (χ0) is 9.90. The lowest BCUT2D eigenvalue weighted by Gasteiger charge is -1.95. The first-order valence-electron chi connectivity index (χ1n) is 3.58. The zero-order valence-electron chi connectivity index (χ0n) is 7.10. The van der Waals surface area contributed by atoms with Gasteiger partial charge in [-0.2, -0.15) is 5.26 Å². The van der Waals surface area contributed by atoms with E-state index in [9.17, 15) is 4.21 Å². The summed E-state index contributed by atoms with van der Waals surface area (Å²) in [6.45, 7) is 0. The van der Waals surface area contributed by atoms with Crippen LogP contribution < -0.4 is 0 Å². The Hall–Kier alpha value is -1.31. The van der Waals surface area contributed by atoms with E-state index in [1.165, 1.54) is 11.6 Å². The maximum Gasteiger partial charge on any atom is 0.0991 e. The fraction of sp³-hybridized carbons (Fsp3) is 0.111. The Labute approximate surface area is 77.5 Å². The van der Waals surface area contributed by atoms with Gasteiger partial charge in [0.15, 0.2) is 0 Å². The van der Waals surface area contributed by atoms with Crippen molar-refractivity contribution < 1.29 is 8.76 Å². The van der Waals surface area contributed by atoms with Crippen LogP contribution in [-0.2, 0) is 9.80 Å². The SMILES string of the molecule is CS(=O)(O)=Cc1cccc(C#N)c1. The highest BCUT2D eigenvalue weighted by molar-refractivity contribution is 7.95. The highest BCUT2D eigenvalue weighted by Gasteiger charge is 1.95. The molecule has 0 saturated heterocycles. The third-order valence-electron chi connectivity index (χ3n) is 1.37. The maximum absolute atomic E-state index is 11.0. The van der Waals surface area contributed by atoms with E-state index in [4.69, 9.17) is 9.81 Å². The predicted octanol–water partition coefficient (Wildman–Crippen LogP) is 1.10. The first-order chi connectivity index (χ1) is 6.01.